The molecule has 0 aliphatic rings. The van der Waals surface area contributed by atoms with E-state index >= 15 is 0 Å². The van der Waals surface area contributed by atoms with Gasteiger partial charge in [-0.2, -0.15) is 0 Å². The second-order valence-corrected chi connectivity index (χ2v) is 7.00. The molecule has 0 amide bonds. The molecule has 0 aliphatic heterocycles. The third-order valence-corrected chi connectivity index (χ3v) is 4.12. The van der Waals surface area contributed by atoms with E-state index in [4.69, 9.17) is 27.9 Å². The van der Waals surface area contributed by atoms with Crippen molar-refractivity contribution in [3.05, 3.63) is 26.7 Å². The maximum atomic E-state index is 6.13. The Kier molecular flexibility index (Phi) is 6.95. The highest BCUT2D eigenvalue weighted by Gasteiger charge is 2.19. The normalized spacial score (nSPS) is 11.7. The third kappa shape index (κ3) is 5.90. The smallest absolute Gasteiger partial charge is 0.139 e. The average Bonchev–Trinajstić information content (AvgIpc) is 2.32. The maximum Gasteiger partial charge on any atom is 0.139 e. The Hall–Kier alpha value is 0.0400. The van der Waals surface area contributed by atoms with Crippen LogP contribution in [0.2, 0.25) is 10.0 Å². The predicted octanol–water partition coefficient (Wildman–Crippen LogP) is 5.16. The van der Waals surface area contributed by atoms with Crippen LogP contribution in [-0.2, 0) is 0 Å². The van der Waals surface area contributed by atoms with E-state index in [1.807, 2.05) is 0 Å². The summed E-state index contributed by atoms with van der Waals surface area (Å²) in [5.74, 6) is 0.624. The Morgan fingerprint density at radius 3 is 2.58 bits per heavy atom. The lowest BCUT2D eigenvalue weighted by Crippen LogP contribution is -2.34. The van der Waals surface area contributed by atoms with Crippen LogP contribution < -0.4 is 10.1 Å². The van der Waals surface area contributed by atoms with Gasteiger partial charge in [-0.1, -0.05) is 44.0 Å². The molecule has 0 bridgehead atoms. The first kappa shape index (κ1) is 17.1. The average molecular weight is 369 g/mol. The molecular weight excluding hydrogens is 349 g/mol. The molecule has 0 aromatic heterocycles. The molecule has 0 unspecified atom stereocenters. The molecule has 0 atom stereocenters. The second kappa shape index (κ2) is 7.72. The van der Waals surface area contributed by atoms with Crippen molar-refractivity contribution in [3.63, 3.8) is 0 Å². The van der Waals surface area contributed by atoms with Crippen LogP contribution in [0.4, 0.5) is 0 Å². The topological polar surface area (TPSA) is 21.3 Å². The zero-order chi connectivity index (χ0) is 14.5. The number of ether oxygens (including phenoxy) is 1. The zero-order valence-electron chi connectivity index (χ0n) is 11.5. The summed E-state index contributed by atoms with van der Waals surface area (Å²) in [7, 11) is 0. The Morgan fingerprint density at radius 1 is 1.26 bits per heavy atom. The molecule has 0 saturated heterocycles. The Morgan fingerprint density at radius 2 is 1.95 bits per heavy atom. The van der Waals surface area contributed by atoms with Crippen molar-refractivity contribution >= 4 is 39.1 Å². The fraction of sp³-hybridized carbons (Fsp3) is 0.571. The molecule has 2 nitrogen and oxygen atoms in total. The lowest BCUT2D eigenvalue weighted by molar-refractivity contribution is 0.176. The summed E-state index contributed by atoms with van der Waals surface area (Å²) >= 11 is 15.5. The van der Waals surface area contributed by atoms with Gasteiger partial charge in [0.05, 0.1) is 16.7 Å². The van der Waals surface area contributed by atoms with Crippen molar-refractivity contribution in [1.82, 2.24) is 5.32 Å². The van der Waals surface area contributed by atoms with E-state index in [0.29, 0.717) is 22.4 Å². The van der Waals surface area contributed by atoms with Crippen LogP contribution in [0.3, 0.4) is 0 Å². The van der Waals surface area contributed by atoms with Gasteiger partial charge in [-0.05, 0) is 35.0 Å². The van der Waals surface area contributed by atoms with E-state index in [1.165, 1.54) is 0 Å². The van der Waals surface area contributed by atoms with Crippen LogP contribution >= 0.6 is 39.1 Å². The van der Waals surface area contributed by atoms with Gasteiger partial charge < -0.3 is 10.1 Å². The maximum absolute atomic E-state index is 6.13. The van der Waals surface area contributed by atoms with Gasteiger partial charge in [0, 0.05) is 22.5 Å². The fourth-order valence-electron chi connectivity index (χ4n) is 1.54. The fourth-order valence-corrected chi connectivity index (χ4v) is 2.39. The van der Waals surface area contributed by atoms with Gasteiger partial charge in [-0.3, -0.25) is 0 Å². The van der Waals surface area contributed by atoms with Crippen LogP contribution in [-0.4, -0.2) is 19.7 Å². The first-order valence-corrected chi connectivity index (χ1v) is 7.88. The summed E-state index contributed by atoms with van der Waals surface area (Å²) in [5.41, 5.74) is 0.0397. The molecule has 1 aromatic rings. The van der Waals surface area contributed by atoms with Crippen molar-refractivity contribution < 1.29 is 4.74 Å². The number of hydrogen-bond donors (Lipinski definition) is 1. The summed E-state index contributed by atoms with van der Waals surface area (Å²) in [4.78, 5) is 0. The lowest BCUT2D eigenvalue weighted by Gasteiger charge is -2.25. The van der Waals surface area contributed by atoms with Crippen molar-refractivity contribution in [2.75, 3.05) is 19.7 Å². The number of halogens is 3. The summed E-state index contributed by atoms with van der Waals surface area (Å²) in [5, 5.41) is 4.56. The summed E-state index contributed by atoms with van der Waals surface area (Å²) in [6, 6.07) is 3.49. The summed E-state index contributed by atoms with van der Waals surface area (Å²) in [6.45, 7) is 8.98. The minimum atomic E-state index is 0.0397. The van der Waals surface area contributed by atoms with Crippen LogP contribution in [0.25, 0.3) is 0 Å². The molecule has 5 heteroatoms. The highest BCUT2D eigenvalue weighted by molar-refractivity contribution is 9.10. The quantitative estimate of drug-likeness (QED) is 0.530. The molecule has 1 N–H and O–H groups in total. The molecule has 0 aliphatic carbocycles. The largest absolute Gasteiger partial charge is 0.491 e. The summed E-state index contributed by atoms with van der Waals surface area (Å²) in [6.07, 6.45) is 1.13. The van der Waals surface area contributed by atoms with Crippen molar-refractivity contribution in [3.8, 4) is 5.75 Å². The third-order valence-electron chi connectivity index (χ3n) is 2.62. The molecule has 0 heterocycles. The van der Waals surface area contributed by atoms with Crippen LogP contribution in [0.15, 0.2) is 16.6 Å². The lowest BCUT2D eigenvalue weighted by atomic mass is 9.95. The Balaban J connectivity index is 2.58. The van der Waals surface area contributed by atoms with Gasteiger partial charge in [-0.25, -0.2) is 0 Å². The Labute approximate surface area is 133 Å². The number of rotatable bonds is 7. The van der Waals surface area contributed by atoms with E-state index in [9.17, 15) is 0 Å². The summed E-state index contributed by atoms with van der Waals surface area (Å²) < 4.78 is 6.56. The van der Waals surface area contributed by atoms with Gasteiger partial charge in [0.25, 0.3) is 0 Å². The van der Waals surface area contributed by atoms with Crippen LogP contribution in [0.1, 0.15) is 27.2 Å². The van der Waals surface area contributed by atoms with Gasteiger partial charge in [-0.15, -0.1) is 0 Å². The second-order valence-electron chi connectivity index (χ2n) is 5.33. The van der Waals surface area contributed by atoms with E-state index in [-0.39, 0.29) is 5.41 Å². The van der Waals surface area contributed by atoms with E-state index in [0.717, 1.165) is 24.0 Å². The van der Waals surface area contributed by atoms with E-state index < -0.39 is 0 Å². The van der Waals surface area contributed by atoms with E-state index in [2.05, 4.69) is 42.0 Å². The highest BCUT2D eigenvalue weighted by atomic mass is 79.9. The minimum Gasteiger partial charge on any atom is -0.491 e. The number of nitrogens with one attached hydrogen (secondary N) is 1. The molecule has 19 heavy (non-hydrogen) atoms. The first-order valence-electron chi connectivity index (χ1n) is 6.34. The van der Waals surface area contributed by atoms with Gasteiger partial charge in [0.15, 0.2) is 0 Å². The minimum absolute atomic E-state index is 0.0397. The molecule has 108 valence electrons. The number of benzene rings is 1. The SMILES string of the molecule is CCCNCC(C)(C)COc1cc(Cl)c(Br)cc1Cl. The van der Waals surface area contributed by atoms with Gasteiger partial charge in [0.2, 0.25) is 0 Å². The van der Waals surface area contributed by atoms with Gasteiger partial charge >= 0.3 is 0 Å². The van der Waals surface area contributed by atoms with Crippen LogP contribution in [0.5, 0.6) is 5.75 Å². The standard InChI is InChI=1S/C14H20BrCl2NO/c1-4-5-18-8-14(2,3)9-19-13-7-11(16)10(15)6-12(13)17/h6-7,18H,4-5,8-9H2,1-3H3. The molecular formula is C14H20BrCl2NO. The zero-order valence-corrected chi connectivity index (χ0v) is 14.6. The van der Waals surface area contributed by atoms with Crippen molar-refractivity contribution in [2.45, 2.75) is 27.2 Å². The van der Waals surface area contributed by atoms with Gasteiger partial charge in [0.1, 0.15) is 5.75 Å². The molecule has 0 spiro atoms. The highest BCUT2D eigenvalue weighted by Crippen LogP contribution is 2.34. The number of hydrogen-bond acceptors (Lipinski definition) is 2. The molecule has 0 saturated carbocycles. The predicted molar refractivity (Wildman–Crippen MR) is 86.6 cm³/mol. The van der Waals surface area contributed by atoms with Crippen LogP contribution in [0, 0.1) is 5.41 Å². The Bertz CT molecular complexity index is 424. The first-order chi connectivity index (χ1) is 8.85. The van der Waals surface area contributed by atoms with Crippen molar-refractivity contribution in [2.24, 2.45) is 5.41 Å². The monoisotopic (exact) mass is 367 g/mol. The molecule has 0 fully saturated rings. The van der Waals surface area contributed by atoms with Crippen molar-refractivity contribution in [1.29, 1.82) is 0 Å². The van der Waals surface area contributed by atoms with E-state index in [1.54, 1.807) is 12.1 Å². The molecule has 1 rings (SSSR count). The molecule has 0 radical (unpaired) electrons. The molecule has 1 aromatic carbocycles.